The van der Waals surface area contributed by atoms with E-state index in [1.807, 2.05) is 0 Å². The first-order valence-electron chi connectivity index (χ1n) is 8.82. The summed E-state index contributed by atoms with van der Waals surface area (Å²) in [6, 6.07) is 0. The van der Waals surface area contributed by atoms with Crippen LogP contribution in [0.3, 0.4) is 0 Å². The molecule has 13 heteroatoms. The van der Waals surface area contributed by atoms with Crippen molar-refractivity contribution in [2.45, 2.75) is 73.8 Å². The molecule has 0 aromatic carbocycles. The van der Waals surface area contributed by atoms with Crippen LogP contribution in [0, 0.1) is 0 Å². The van der Waals surface area contributed by atoms with Crippen molar-refractivity contribution in [2.75, 3.05) is 19.8 Å². The minimum atomic E-state index is -1.59. The van der Waals surface area contributed by atoms with Gasteiger partial charge in [0.15, 0.2) is 18.9 Å². The number of hydrogen-bond donors (Lipinski definition) is 8. The van der Waals surface area contributed by atoms with Crippen LogP contribution in [0.1, 0.15) is 0 Å². The van der Waals surface area contributed by atoms with Gasteiger partial charge < -0.3 is 64.5 Å². The maximum atomic E-state index is 10.3. The Bertz CT molecular complexity index is 508. The van der Waals surface area contributed by atoms with E-state index in [1.54, 1.807) is 0 Å². The van der Waals surface area contributed by atoms with E-state index in [4.69, 9.17) is 28.8 Å². The molecule has 0 aliphatic carbocycles. The van der Waals surface area contributed by atoms with Crippen molar-refractivity contribution >= 4 is 0 Å². The average molecular weight is 414 g/mol. The predicted octanol–water partition coefficient (Wildman–Crippen LogP) is -5.66. The molecule has 13 nitrogen and oxygen atoms in total. The lowest BCUT2D eigenvalue weighted by atomic mass is 10.1. The standard InChI is InChI=1S/C15H26O13/c16-1-4-7(18)11(22)14(26-4)28-12-9(20)5(2-17)27-15(12)24-3-6-8(19)10(21)13(23)25-6/h4-23H,1-3H2/t4-,5-,6-,7-,8-,9-,10+,11+,12+,13-,14-,15+/m0/s1. The van der Waals surface area contributed by atoms with E-state index in [0.29, 0.717) is 0 Å². The summed E-state index contributed by atoms with van der Waals surface area (Å²) >= 11 is 0. The molecule has 0 amide bonds. The Kier molecular flexibility index (Phi) is 7.20. The van der Waals surface area contributed by atoms with E-state index in [2.05, 4.69) is 0 Å². The van der Waals surface area contributed by atoms with Gasteiger partial charge in [0.2, 0.25) is 0 Å². The van der Waals surface area contributed by atoms with Crippen molar-refractivity contribution in [1.82, 2.24) is 0 Å². The van der Waals surface area contributed by atoms with Gasteiger partial charge in [0.1, 0.15) is 54.9 Å². The molecule has 0 radical (unpaired) electrons. The zero-order valence-electron chi connectivity index (χ0n) is 14.7. The molecule has 28 heavy (non-hydrogen) atoms. The quantitative estimate of drug-likeness (QED) is 0.196. The summed E-state index contributed by atoms with van der Waals surface area (Å²) in [6.45, 7) is -1.50. The Balaban J connectivity index is 1.62. The first-order valence-corrected chi connectivity index (χ1v) is 8.82. The monoisotopic (exact) mass is 414 g/mol. The number of rotatable bonds is 7. The highest BCUT2D eigenvalue weighted by atomic mass is 16.8. The molecular weight excluding hydrogens is 388 g/mol. The van der Waals surface area contributed by atoms with E-state index in [0.717, 1.165) is 0 Å². The number of hydrogen-bond acceptors (Lipinski definition) is 13. The van der Waals surface area contributed by atoms with Gasteiger partial charge in [-0.25, -0.2) is 0 Å². The molecule has 0 aromatic rings. The molecule has 3 saturated heterocycles. The summed E-state index contributed by atoms with van der Waals surface area (Å²) in [7, 11) is 0. The van der Waals surface area contributed by atoms with Gasteiger partial charge in [0, 0.05) is 0 Å². The van der Waals surface area contributed by atoms with Gasteiger partial charge in [-0.2, -0.15) is 0 Å². The second kappa shape index (κ2) is 9.09. The summed E-state index contributed by atoms with van der Waals surface area (Å²) in [5.74, 6) is 0. The first-order chi connectivity index (χ1) is 13.3. The summed E-state index contributed by atoms with van der Waals surface area (Å²) in [5.41, 5.74) is 0. The van der Waals surface area contributed by atoms with Gasteiger partial charge in [-0.3, -0.25) is 0 Å². The van der Waals surface area contributed by atoms with E-state index >= 15 is 0 Å². The number of aliphatic hydroxyl groups excluding tert-OH is 8. The predicted molar refractivity (Wildman–Crippen MR) is 83.2 cm³/mol. The molecule has 3 fully saturated rings. The van der Waals surface area contributed by atoms with Crippen LogP contribution in [0.15, 0.2) is 0 Å². The fraction of sp³-hybridized carbons (Fsp3) is 1.00. The smallest absolute Gasteiger partial charge is 0.187 e. The Hall–Kier alpha value is -0.520. The van der Waals surface area contributed by atoms with Crippen LogP contribution in [-0.2, 0) is 23.7 Å². The molecule has 3 rings (SSSR count). The fourth-order valence-corrected chi connectivity index (χ4v) is 3.32. The largest absolute Gasteiger partial charge is 0.394 e. The number of aliphatic hydroxyl groups is 8. The summed E-state index contributed by atoms with van der Waals surface area (Å²) in [6.07, 6.45) is -16.1. The van der Waals surface area contributed by atoms with Crippen molar-refractivity contribution in [3.63, 3.8) is 0 Å². The molecule has 0 spiro atoms. The lowest BCUT2D eigenvalue weighted by Gasteiger charge is -2.26. The van der Waals surface area contributed by atoms with Gasteiger partial charge in [0.25, 0.3) is 0 Å². The zero-order valence-corrected chi connectivity index (χ0v) is 14.7. The normalized spacial score (nSPS) is 51.9. The first kappa shape index (κ1) is 22.2. The Labute approximate surface area is 159 Å². The van der Waals surface area contributed by atoms with Gasteiger partial charge in [-0.1, -0.05) is 0 Å². The minimum absolute atomic E-state index is 0.360. The number of ether oxygens (including phenoxy) is 5. The zero-order chi connectivity index (χ0) is 20.6. The maximum Gasteiger partial charge on any atom is 0.187 e. The highest BCUT2D eigenvalue weighted by Gasteiger charge is 2.51. The molecule has 3 aliphatic heterocycles. The van der Waals surface area contributed by atoms with E-state index < -0.39 is 87.0 Å². The van der Waals surface area contributed by atoms with Crippen LogP contribution in [0.2, 0.25) is 0 Å². The highest BCUT2D eigenvalue weighted by Crippen LogP contribution is 2.31. The SMILES string of the molecule is OC[C@@H]1O[C@@H](O[C@H]2[C@H](OC[C@@H]3O[C@H](O)[C@H](O)[C@H]3O)O[C@@H](CO)[C@@H]2O)[C@H](O)[C@H]1O. The summed E-state index contributed by atoms with van der Waals surface area (Å²) in [4.78, 5) is 0. The highest BCUT2D eigenvalue weighted by molar-refractivity contribution is 4.92. The van der Waals surface area contributed by atoms with Crippen molar-refractivity contribution in [2.24, 2.45) is 0 Å². The van der Waals surface area contributed by atoms with Gasteiger partial charge >= 0.3 is 0 Å². The van der Waals surface area contributed by atoms with Crippen LogP contribution in [0.5, 0.6) is 0 Å². The van der Waals surface area contributed by atoms with Gasteiger partial charge in [-0.15, -0.1) is 0 Å². The van der Waals surface area contributed by atoms with Gasteiger partial charge in [-0.05, 0) is 0 Å². The third-order valence-electron chi connectivity index (χ3n) is 5.03. The third kappa shape index (κ3) is 4.17. The van der Waals surface area contributed by atoms with E-state index in [1.165, 1.54) is 0 Å². The second-order valence-corrected chi connectivity index (χ2v) is 6.90. The molecule has 0 bridgehead atoms. The molecule has 12 atom stereocenters. The lowest BCUT2D eigenvalue weighted by Crippen LogP contribution is -2.44. The van der Waals surface area contributed by atoms with E-state index in [-0.39, 0.29) is 6.61 Å². The van der Waals surface area contributed by atoms with Crippen LogP contribution < -0.4 is 0 Å². The maximum absolute atomic E-state index is 10.3. The molecule has 0 saturated carbocycles. The van der Waals surface area contributed by atoms with Crippen LogP contribution >= 0.6 is 0 Å². The molecular formula is C15H26O13. The Morgan fingerprint density at radius 2 is 1.18 bits per heavy atom. The van der Waals surface area contributed by atoms with Gasteiger partial charge in [0.05, 0.1) is 19.8 Å². The summed E-state index contributed by atoms with van der Waals surface area (Å²) < 4.78 is 26.4. The average Bonchev–Trinajstić information content (AvgIpc) is 3.23. The van der Waals surface area contributed by atoms with Crippen molar-refractivity contribution in [1.29, 1.82) is 0 Å². The minimum Gasteiger partial charge on any atom is -0.394 e. The second-order valence-electron chi connectivity index (χ2n) is 6.90. The fourth-order valence-electron chi connectivity index (χ4n) is 3.32. The molecule has 8 N–H and O–H groups in total. The van der Waals surface area contributed by atoms with Crippen LogP contribution in [0.4, 0.5) is 0 Å². The molecule has 0 unspecified atom stereocenters. The summed E-state index contributed by atoms with van der Waals surface area (Å²) in [5, 5.41) is 77.2. The van der Waals surface area contributed by atoms with Crippen LogP contribution in [0.25, 0.3) is 0 Å². The third-order valence-corrected chi connectivity index (χ3v) is 5.03. The van der Waals surface area contributed by atoms with Crippen LogP contribution in [-0.4, -0.2) is 134 Å². The van der Waals surface area contributed by atoms with E-state index in [9.17, 15) is 35.7 Å². The van der Waals surface area contributed by atoms with Crippen molar-refractivity contribution in [3.8, 4) is 0 Å². The molecule has 3 heterocycles. The molecule has 164 valence electrons. The molecule has 0 aromatic heterocycles. The Morgan fingerprint density at radius 3 is 1.71 bits per heavy atom. The topological polar surface area (TPSA) is 208 Å². The molecule has 3 aliphatic rings. The van der Waals surface area contributed by atoms with Crippen molar-refractivity contribution in [3.05, 3.63) is 0 Å². The Morgan fingerprint density at radius 1 is 0.607 bits per heavy atom. The van der Waals surface area contributed by atoms with Crippen molar-refractivity contribution < 1.29 is 64.5 Å². The lowest BCUT2D eigenvalue weighted by molar-refractivity contribution is -0.253.